The molecule has 1 heterocycles. The van der Waals surface area contributed by atoms with Gasteiger partial charge in [0.1, 0.15) is 12.9 Å². The lowest BCUT2D eigenvalue weighted by Gasteiger charge is -2.26. The summed E-state index contributed by atoms with van der Waals surface area (Å²) in [5, 5.41) is 4.23. The molecule has 0 unspecified atom stereocenters. The van der Waals surface area contributed by atoms with Crippen molar-refractivity contribution in [2.75, 3.05) is 7.11 Å². The van der Waals surface area contributed by atoms with Gasteiger partial charge in [0.2, 0.25) is 0 Å². The Hall–Kier alpha value is -1.43. The van der Waals surface area contributed by atoms with Crippen LogP contribution in [-0.4, -0.2) is 33.9 Å². The van der Waals surface area contributed by atoms with Crippen molar-refractivity contribution >= 4 is 5.97 Å². The van der Waals surface area contributed by atoms with E-state index in [1.807, 2.05) is 4.68 Å². The summed E-state index contributed by atoms with van der Waals surface area (Å²) in [6, 6.07) is 0. The third kappa shape index (κ3) is 4.52. The molecule has 0 radical (unpaired) electrons. The number of carbonyl (C=O) groups excluding carboxylic acids is 1. The first-order chi connectivity index (χ1) is 10.1. The molecule has 1 aromatic rings. The summed E-state index contributed by atoms with van der Waals surface area (Å²) in [5.74, 6) is 1.35. The molecule has 0 N–H and O–H groups in total. The molecule has 1 fully saturated rings. The Morgan fingerprint density at radius 3 is 2.71 bits per heavy atom. The number of carbonyl (C=O) groups is 1. The van der Waals surface area contributed by atoms with Gasteiger partial charge in [-0.05, 0) is 31.6 Å². The first-order valence-electron chi connectivity index (χ1n) is 7.66. The van der Waals surface area contributed by atoms with Gasteiger partial charge in [-0.25, -0.2) is 9.67 Å². The fourth-order valence-electron chi connectivity index (χ4n) is 2.72. The molecule has 0 amide bonds. The standard InChI is InChI=1S/C15H25N3O3/c1-11(2)8-18-14(16-10-17-18)9-21-13-6-4-12(5-7-13)15(19)20-3/h10-13H,4-9H2,1-3H3. The van der Waals surface area contributed by atoms with Gasteiger partial charge in [0, 0.05) is 6.54 Å². The Balaban J connectivity index is 1.77. The fourth-order valence-corrected chi connectivity index (χ4v) is 2.72. The highest BCUT2D eigenvalue weighted by molar-refractivity contribution is 5.72. The Bertz CT molecular complexity index is 451. The van der Waals surface area contributed by atoms with E-state index in [4.69, 9.17) is 9.47 Å². The minimum atomic E-state index is -0.0925. The van der Waals surface area contributed by atoms with Crippen molar-refractivity contribution in [3.8, 4) is 0 Å². The Kier molecular flexibility index (Phi) is 5.73. The largest absolute Gasteiger partial charge is 0.469 e. The van der Waals surface area contributed by atoms with Gasteiger partial charge in [-0.2, -0.15) is 5.10 Å². The average molecular weight is 295 g/mol. The number of ether oxygens (including phenoxy) is 2. The van der Waals surface area contributed by atoms with Gasteiger partial charge in [0.15, 0.2) is 5.82 Å². The van der Waals surface area contributed by atoms with E-state index in [1.54, 1.807) is 6.33 Å². The molecule has 2 rings (SSSR count). The maximum absolute atomic E-state index is 11.5. The third-order valence-electron chi connectivity index (χ3n) is 3.89. The lowest BCUT2D eigenvalue weighted by Crippen LogP contribution is -2.27. The van der Waals surface area contributed by atoms with Crippen LogP contribution < -0.4 is 0 Å². The highest BCUT2D eigenvalue weighted by Gasteiger charge is 2.27. The first kappa shape index (κ1) is 15.9. The molecule has 6 heteroatoms. The number of hydrogen-bond donors (Lipinski definition) is 0. The average Bonchev–Trinajstić information content (AvgIpc) is 2.91. The maximum Gasteiger partial charge on any atom is 0.308 e. The zero-order valence-electron chi connectivity index (χ0n) is 13.1. The molecular weight excluding hydrogens is 270 g/mol. The smallest absolute Gasteiger partial charge is 0.308 e. The second kappa shape index (κ2) is 7.54. The van der Waals surface area contributed by atoms with Crippen LogP contribution in [-0.2, 0) is 27.4 Å². The van der Waals surface area contributed by atoms with Crippen molar-refractivity contribution in [1.29, 1.82) is 0 Å². The van der Waals surface area contributed by atoms with Crippen LogP contribution >= 0.6 is 0 Å². The van der Waals surface area contributed by atoms with Crippen molar-refractivity contribution in [3.63, 3.8) is 0 Å². The second-order valence-corrected chi connectivity index (χ2v) is 6.06. The van der Waals surface area contributed by atoms with Crippen molar-refractivity contribution in [2.24, 2.45) is 11.8 Å². The Morgan fingerprint density at radius 2 is 2.10 bits per heavy atom. The number of methoxy groups -OCH3 is 1. The second-order valence-electron chi connectivity index (χ2n) is 6.06. The van der Waals surface area contributed by atoms with Crippen LogP contribution in [0.4, 0.5) is 0 Å². The molecule has 1 aliphatic carbocycles. The SMILES string of the molecule is COC(=O)C1CCC(OCc2ncnn2CC(C)C)CC1. The third-order valence-corrected chi connectivity index (χ3v) is 3.89. The van der Waals surface area contributed by atoms with Crippen LogP contribution in [0.1, 0.15) is 45.4 Å². The molecule has 118 valence electrons. The van der Waals surface area contributed by atoms with E-state index in [2.05, 4.69) is 23.9 Å². The molecule has 0 bridgehead atoms. The summed E-state index contributed by atoms with van der Waals surface area (Å²) in [7, 11) is 1.45. The zero-order valence-corrected chi connectivity index (χ0v) is 13.1. The van der Waals surface area contributed by atoms with Crippen molar-refractivity contribution in [1.82, 2.24) is 14.8 Å². The van der Waals surface area contributed by atoms with Gasteiger partial charge in [-0.3, -0.25) is 4.79 Å². The van der Waals surface area contributed by atoms with E-state index >= 15 is 0 Å². The first-order valence-corrected chi connectivity index (χ1v) is 7.66. The van der Waals surface area contributed by atoms with E-state index in [9.17, 15) is 4.79 Å². The van der Waals surface area contributed by atoms with Gasteiger partial charge < -0.3 is 9.47 Å². The molecule has 0 aliphatic heterocycles. The molecule has 0 saturated heterocycles. The van der Waals surface area contributed by atoms with E-state index in [0.29, 0.717) is 12.5 Å². The van der Waals surface area contributed by atoms with Crippen LogP contribution in [0.3, 0.4) is 0 Å². The Labute approximate surface area is 125 Å². The number of rotatable bonds is 6. The predicted octanol–water partition coefficient (Wildman–Crippen LogP) is 2.18. The van der Waals surface area contributed by atoms with Crippen LogP contribution in [0.25, 0.3) is 0 Å². The number of hydrogen-bond acceptors (Lipinski definition) is 5. The topological polar surface area (TPSA) is 66.2 Å². The highest BCUT2D eigenvalue weighted by atomic mass is 16.5. The van der Waals surface area contributed by atoms with Crippen LogP contribution in [0, 0.1) is 11.8 Å². The molecule has 1 aromatic heterocycles. The van der Waals surface area contributed by atoms with E-state index in [0.717, 1.165) is 38.1 Å². The molecule has 0 spiro atoms. The molecule has 6 nitrogen and oxygen atoms in total. The molecule has 0 aromatic carbocycles. The summed E-state index contributed by atoms with van der Waals surface area (Å²) in [5.41, 5.74) is 0. The van der Waals surface area contributed by atoms with E-state index < -0.39 is 0 Å². The number of aromatic nitrogens is 3. The molecule has 1 aliphatic rings. The van der Waals surface area contributed by atoms with Crippen LogP contribution in [0.5, 0.6) is 0 Å². The molecular formula is C15H25N3O3. The van der Waals surface area contributed by atoms with Gasteiger partial charge >= 0.3 is 5.97 Å². The normalized spacial score (nSPS) is 22.5. The highest BCUT2D eigenvalue weighted by Crippen LogP contribution is 2.27. The lowest BCUT2D eigenvalue weighted by atomic mass is 9.87. The van der Waals surface area contributed by atoms with Gasteiger partial charge in [0.05, 0.1) is 19.1 Å². The summed E-state index contributed by atoms with van der Waals surface area (Å²) < 4.78 is 12.6. The predicted molar refractivity (Wildman–Crippen MR) is 77.4 cm³/mol. The number of nitrogens with zero attached hydrogens (tertiary/aromatic N) is 3. The summed E-state index contributed by atoms with van der Waals surface area (Å²) >= 11 is 0. The maximum atomic E-state index is 11.5. The van der Waals surface area contributed by atoms with Gasteiger partial charge in [-0.15, -0.1) is 0 Å². The van der Waals surface area contributed by atoms with E-state index in [1.165, 1.54) is 7.11 Å². The minimum Gasteiger partial charge on any atom is -0.469 e. The van der Waals surface area contributed by atoms with Crippen LogP contribution in [0.2, 0.25) is 0 Å². The summed E-state index contributed by atoms with van der Waals surface area (Å²) in [6.07, 6.45) is 5.27. The molecule has 0 atom stereocenters. The van der Waals surface area contributed by atoms with Crippen molar-refractivity contribution in [2.45, 2.75) is 58.8 Å². The lowest BCUT2D eigenvalue weighted by molar-refractivity contribution is -0.147. The summed E-state index contributed by atoms with van der Waals surface area (Å²) in [6.45, 7) is 5.65. The molecule has 1 saturated carbocycles. The summed E-state index contributed by atoms with van der Waals surface area (Å²) in [4.78, 5) is 15.7. The minimum absolute atomic E-state index is 0.0412. The van der Waals surface area contributed by atoms with Crippen LogP contribution in [0.15, 0.2) is 6.33 Å². The molecule has 21 heavy (non-hydrogen) atoms. The number of esters is 1. The van der Waals surface area contributed by atoms with Gasteiger partial charge in [0.25, 0.3) is 0 Å². The fraction of sp³-hybridized carbons (Fsp3) is 0.800. The van der Waals surface area contributed by atoms with E-state index in [-0.39, 0.29) is 18.0 Å². The van der Waals surface area contributed by atoms with Crippen molar-refractivity contribution < 1.29 is 14.3 Å². The van der Waals surface area contributed by atoms with Gasteiger partial charge in [-0.1, -0.05) is 13.8 Å². The Morgan fingerprint density at radius 1 is 1.38 bits per heavy atom. The quantitative estimate of drug-likeness (QED) is 0.753. The zero-order chi connectivity index (χ0) is 15.2. The van der Waals surface area contributed by atoms with Crippen molar-refractivity contribution in [3.05, 3.63) is 12.2 Å². The monoisotopic (exact) mass is 295 g/mol.